The second-order valence-electron chi connectivity index (χ2n) is 3.02. The van der Waals surface area contributed by atoms with Crippen LogP contribution in [-0.2, 0) is 0 Å². The van der Waals surface area contributed by atoms with Crippen LogP contribution in [0.1, 0.15) is 30.5 Å². The van der Waals surface area contributed by atoms with Gasteiger partial charge in [0.25, 0.3) is 0 Å². The van der Waals surface area contributed by atoms with E-state index in [0.29, 0.717) is 0 Å². The molecule has 2 heteroatoms. The Bertz CT molecular complexity index is 271. The normalized spacial score (nSPS) is 13.0. The van der Waals surface area contributed by atoms with Crippen LogP contribution in [0.2, 0.25) is 0 Å². The fourth-order valence-corrected chi connectivity index (χ4v) is 1.38. The lowest BCUT2D eigenvalue weighted by atomic mass is 10.0. The molecule has 0 amide bonds. The van der Waals surface area contributed by atoms with Gasteiger partial charge in [-0.15, -0.1) is 0 Å². The van der Waals surface area contributed by atoms with Crippen molar-refractivity contribution in [1.29, 1.82) is 0 Å². The predicted octanol–water partition coefficient (Wildman–Crippen LogP) is 3.17. The van der Waals surface area contributed by atoms with Crippen molar-refractivity contribution in [1.82, 2.24) is 0 Å². The predicted molar refractivity (Wildman–Crippen MR) is 56.1 cm³/mol. The SMILES string of the molecule is CC[C@H](N)c1ccc(Br)c(C)c1. The quantitative estimate of drug-likeness (QED) is 0.826. The van der Waals surface area contributed by atoms with Crippen molar-refractivity contribution in [3.63, 3.8) is 0 Å². The fraction of sp³-hybridized carbons (Fsp3) is 0.400. The van der Waals surface area contributed by atoms with Gasteiger partial charge < -0.3 is 5.73 Å². The minimum atomic E-state index is 0.178. The molecule has 0 saturated carbocycles. The van der Waals surface area contributed by atoms with Gasteiger partial charge in [-0.3, -0.25) is 0 Å². The van der Waals surface area contributed by atoms with Crippen molar-refractivity contribution < 1.29 is 0 Å². The molecule has 0 spiro atoms. The maximum absolute atomic E-state index is 5.90. The second kappa shape index (κ2) is 4.06. The van der Waals surface area contributed by atoms with Crippen LogP contribution in [-0.4, -0.2) is 0 Å². The zero-order chi connectivity index (χ0) is 9.14. The molecule has 1 nitrogen and oxygen atoms in total. The summed E-state index contributed by atoms with van der Waals surface area (Å²) in [6.45, 7) is 4.18. The first-order valence-electron chi connectivity index (χ1n) is 4.16. The molecule has 0 bridgehead atoms. The summed E-state index contributed by atoms with van der Waals surface area (Å²) in [5.41, 5.74) is 8.37. The molecule has 1 aromatic rings. The summed E-state index contributed by atoms with van der Waals surface area (Å²) in [5.74, 6) is 0. The summed E-state index contributed by atoms with van der Waals surface area (Å²) in [7, 11) is 0. The van der Waals surface area contributed by atoms with E-state index in [1.807, 2.05) is 0 Å². The molecule has 0 saturated heterocycles. The molecule has 1 rings (SSSR count). The number of hydrogen-bond acceptors (Lipinski definition) is 1. The highest BCUT2D eigenvalue weighted by Crippen LogP contribution is 2.21. The molecule has 1 aromatic carbocycles. The second-order valence-corrected chi connectivity index (χ2v) is 3.88. The molecule has 0 aromatic heterocycles. The Balaban J connectivity index is 2.96. The topological polar surface area (TPSA) is 26.0 Å². The van der Waals surface area contributed by atoms with Crippen LogP contribution in [0.25, 0.3) is 0 Å². The van der Waals surface area contributed by atoms with E-state index in [-0.39, 0.29) is 6.04 Å². The molecule has 0 unspecified atom stereocenters. The molecular formula is C10H14BrN. The number of hydrogen-bond donors (Lipinski definition) is 1. The third-order valence-corrected chi connectivity index (χ3v) is 2.94. The van der Waals surface area contributed by atoms with Gasteiger partial charge in [0.1, 0.15) is 0 Å². The third-order valence-electron chi connectivity index (χ3n) is 2.05. The number of benzene rings is 1. The van der Waals surface area contributed by atoms with E-state index in [0.717, 1.165) is 10.9 Å². The van der Waals surface area contributed by atoms with Gasteiger partial charge in [-0.1, -0.05) is 35.0 Å². The fourth-order valence-electron chi connectivity index (χ4n) is 1.13. The Morgan fingerprint density at radius 2 is 2.17 bits per heavy atom. The summed E-state index contributed by atoms with van der Waals surface area (Å²) >= 11 is 3.46. The summed E-state index contributed by atoms with van der Waals surface area (Å²) in [6.07, 6.45) is 0.987. The summed E-state index contributed by atoms with van der Waals surface area (Å²) < 4.78 is 1.15. The van der Waals surface area contributed by atoms with E-state index in [9.17, 15) is 0 Å². The Morgan fingerprint density at radius 1 is 1.50 bits per heavy atom. The van der Waals surface area contributed by atoms with Gasteiger partial charge in [0.2, 0.25) is 0 Å². The molecule has 0 aliphatic carbocycles. The molecule has 1 atom stereocenters. The molecule has 2 N–H and O–H groups in total. The highest BCUT2D eigenvalue weighted by Gasteiger charge is 2.03. The highest BCUT2D eigenvalue weighted by atomic mass is 79.9. The van der Waals surface area contributed by atoms with Crippen molar-refractivity contribution >= 4 is 15.9 Å². The van der Waals surface area contributed by atoms with Gasteiger partial charge in [-0.2, -0.15) is 0 Å². The Morgan fingerprint density at radius 3 is 2.67 bits per heavy atom. The Hall–Kier alpha value is -0.340. The van der Waals surface area contributed by atoms with Crippen LogP contribution in [0, 0.1) is 6.92 Å². The minimum absolute atomic E-state index is 0.178. The van der Waals surface area contributed by atoms with Crippen molar-refractivity contribution in [2.75, 3.05) is 0 Å². The van der Waals surface area contributed by atoms with E-state index < -0.39 is 0 Å². The van der Waals surface area contributed by atoms with Crippen molar-refractivity contribution in [3.05, 3.63) is 33.8 Å². The van der Waals surface area contributed by atoms with Crippen LogP contribution in [0.5, 0.6) is 0 Å². The van der Waals surface area contributed by atoms with E-state index in [1.165, 1.54) is 11.1 Å². The van der Waals surface area contributed by atoms with E-state index >= 15 is 0 Å². The van der Waals surface area contributed by atoms with Crippen LogP contribution in [0.3, 0.4) is 0 Å². The van der Waals surface area contributed by atoms with Crippen LogP contribution in [0.15, 0.2) is 22.7 Å². The summed E-state index contributed by atoms with van der Waals surface area (Å²) in [5, 5.41) is 0. The zero-order valence-electron chi connectivity index (χ0n) is 7.47. The van der Waals surface area contributed by atoms with Crippen molar-refractivity contribution in [2.45, 2.75) is 26.3 Å². The van der Waals surface area contributed by atoms with Crippen molar-refractivity contribution in [2.24, 2.45) is 5.73 Å². The number of aryl methyl sites for hydroxylation is 1. The third kappa shape index (κ3) is 2.08. The zero-order valence-corrected chi connectivity index (χ0v) is 9.06. The summed E-state index contributed by atoms with van der Waals surface area (Å²) in [6, 6.07) is 6.45. The van der Waals surface area contributed by atoms with Gasteiger partial charge >= 0.3 is 0 Å². The Labute approximate surface area is 82.1 Å². The molecule has 0 heterocycles. The van der Waals surface area contributed by atoms with Crippen molar-refractivity contribution in [3.8, 4) is 0 Å². The van der Waals surface area contributed by atoms with Gasteiger partial charge in [-0.25, -0.2) is 0 Å². The minimum Gasteiger partial charge on any atom is -0.324 e. The van der Waals surface area contributed by atoms with E-state index in [1.54, 1.807) is 0 Å². The number of halogens is 1. The first kappa shape index (κ1) is 9.75. The maximum Gasteiger partial charge on any atom is 0.0292 e. The Kier molecular flexibility index (Phi) is 3.29. The van der Waals surface area contributed by atoms with Crippen LogP contribution in [0.4, 0.5) is 0 Å². The van der Waals surface area contributed by atoms with Gasteiger partial charge in [0, 0.05) is 10.5 Å². The summed E-state index contributed by atoms with van der Waals surface area (Å²) in [4.78, 5) is 0. The van der Waals surface area contributed by atoms with Gasteiger partial charge in [0.15, 0.2) is 0 Å². The molecule has 0 radical (unpaired) electrons. The smallest absolute Gasteiger partial charge is 0.0292 e. The first-order valence-corrected chi connectivity index (χ1v) is 4.96. The number of rotatable bonds is 2. The molecule has 0 fully saturated rings. The standard InChI is InChI=1S/C10H14BrN/c1-3-10(12)8-4-5-9(11)7(2)6-8/h4-6,10H,3,12H2,1-2H3/t10-/m0/s1. The lowest BCUT2D eigenvalue weighted by Crippen LogP contribution is -2.08. The highest BCUT2D eigenvalue weighted by molar-refractivity contribution is 9.10. The first-order chi connectivity index (χ1) is 5.65. The largest absolute Gasteiger partial charge is 0.324 e. The molecule has 12 heavy (non-hydrogen) atoms. The monoisotopic (exact) mass is 227 g/mol. The van der Waals surface area contributed by atoms with E-state index in [2.05, 4.69) is 48.0 Å². The molecule has 0 aliphatic rings. The van der Waals surface area contributed by atoms with Gasteiger partial charge in [-0.05, 0) is 30.5 Å². The average Bonchev–Trinajstić information content (AvgIpc) is 2.08. The van der Waals surface area contributed by atoms with Crippen LogP contribution >= 0.6 is 15.9 Å². The number of nitrogens with two attached hydrogens (primary N) is 1. The molecule has 66 valence electrons. The average molecular weight is 228 g/mol. The van der Waals surface area contributed by atoms with E-state index in [4.69, 9.17) is 5.73 Å². The van der Waals surface area contributed by atoms with Gasteiger partial charge in [0.05, 0.1) is 0 Å². The maximum atomic E-state index is 5.90. The van der Waals surface area contributed by atoms with Crippen LogP contribution < -0.4 is 5.73 Å². The molecular weight excluding hydrogens is 214 g/mol. The lowest BCUT2D eigenvalue weighted by Gasteiger charge is -2.10. The molecule has 0 aliphatic heterocycles. The lowest BCUT2D eigenvalue weighted by molar-refractivity contribution is 0.698.